The minimum atomic E-state index is -1.46. The third kappa shape index (κ3) is 4.24. The third-order valence-corrected chi connectivity index (χ3v) is 4.32. The molecule has 1 heterocycles. The van der Waals surface area contributed by atoms with Crippen LogP contribution < -0.4 is 0 Å². The van der Waals surface area contributed by atoms with Gasteiger partial charge in [0.2, 0.25) is 0 Å². The molecule has 0 aliphatic heterocycles. The van der Waals surface area contributed by atoms with E-state index < -0.39 is 23.5 Å². The predicted molar refractivity (Wildman–Crippen MR) is 103 cm³/mol. The minimum Gasteiger partial charge on any atom is -0.507 e. The first-order valence-electron chi connectivity index (χ1n) is 8.19. The fourth-order valence-corrected chi connectivity index (χ4v) is 2.83. The van der Waals surface area contributed by atoms with Gasteiger partial charge in [0.15, 0.2) is 0 Å². The van der Waals surface area contributed by atoms with Crippen molar-refractivity contribution in [2.24, 2.45) is 0 Å². The molecule has 142 valence electrons. The summed E-state index contributed by atoms with van der Waals surface area (Å²) in [5.41, 5.74) is 0.00932. The van der Waals surface area contributed by atoms with Gasteiger partial charge in [-0.05, 0) is 30.3 Å². The van der Waals surface area contributed by atoms with Crippen molar-refractivity contribution in [2.75, 3.05) is 0 Å². The Bertz CT molecular complexity index is 1020. The van der Waals surface area contributed by atoms with Crippen LogP contribution in [0.2, 0.25) is 5.02 Å². The van der Waals surface area contributed by atoms with Crippen molar-refractivity contribution in [3.63, 3.8) is 0 Å². The van der Waals surface area contributed by atoms with Crippen LogP contribution in [0.4, 0.5) is 8.78 Å². The number of rotatable bonds is 5. The van der Waals surface area contributed by atoms with Crippen molar-refractivity contribution in [3.8, 4) is 0 Å². The second-order valence-electron chi connectivity index (χ2n) is 5.99. The van der Waals surface area contributed by atoms with Gasteiger partial charge in [0.1, 0.15) is 23.5 Å². The first-order chi connectivity index (χ1) is 13.4. The molecule has 3 rings (SSSR count). The van der Waals surface area contributed by atoms with Crippen LogP contribution in [0.5, 0.6) is 0 Å². The Morgan fingerprint density at radius 3 is 2.21 bits per heavy atom. The molecule has 1 unspecified atom stereocenters. The van der Waals surface area contributed by atoms with Crippen molar-refractivity contribution in [3.05, 3.63) is 106 Å². The van der Waals surface area contributed by atoms with Crippen LogP contribution in [-0.2, 0) is 0 Å². The van der Waals surface area contributed by atoms with Crippen LogP contribution >= 0.6 is 11.6 Å². The maximum Gasteiger partial charge on any atom is 0.131 e. The molecular formula is C21H15ClF2N2O2. The second-order valence-corrected chi connectivity index (χ2v) is 6.43. The lowest BCUT2D eigenvalue weighted by Gasteiger charge is -2.19. The normalized spacial score (nSPS) is 13.0. The van der Waals surface area contributed by atoms with Crippen LogP contribution in [-0.4, -0.2) is 20.9 Å². The Morgan fingerprint density at radius 2 is 1.64 bits per heavy atom. The predicted octanol–water partition coefficient (Wildman–Crippen LogP) is 5.08. The lowest BCUT2D eigenvalue weighted by atomic mass is 9.91. The molecule has 0 saturated carbocycles. The minimum absolute atomic E-state index is 0.200. The summed E-state index contributed by atoms with van der Waals surface area (Å²) in [5, 5.41) is 30.5. The summed E-state index contributed by atoms with van der Waals surface area (Å²) in [7, 11) is 0. The molecule has 4 nitrogen and oxygen atoms in total. The van der Waals surface area contributed by atoms with Gasteiger partial charge in [0, 0.05) is 40.2 Å². The Hall–Kier alpha value is -3.09. The van der Waals surface area contributed by atoms with Gasteiger partial charge < -0.3 is 10.2 Å². The zero-order valence-corrected chi connectivity index (χ0v) is 15.2. The SMILES string of the molecule is N=C(/C(=C(\O)c1cc(F)cc(F)c1)C(O)c1cccnc1)c1ccc(Cl)cc1. The first kappa shape index (κ1) is 19.7. The van der Waals surface area contributed by atoms with E-state index in [9.17, 15) is 19.0 Å². The summed E-state index contributed by atoms with van der Waals surface area (Å²) >= 11 is 5.87. The largest absolute Gasteiger partial charge is 0.507 e. The fraction of sp³-hybridized carbons (Fsp3) is 0.0476. The molecule has 0 saturated heterocycles. The maximum absolute atomic E-state index is 13.6. The molecule has 1 atom stereocenters. The van der Waals surface area contributed by atoms with E-state index in [1.807, 2.05) is 0 Å². The van der Waals surface area contributed by atoms with E-state index in [0.717, 1.165) is 12.1 Å². The number of pyridine rings is 1. The van der Waals surface area contributed by atoms with E-state index in [1.165, 1.54) is 12.4 Å². The number of benzene rings is 2. The average Bonchev–Trinajstić information content (AvgIpc) is 2.68. The number of aliphatic hydroxyl groups is 2. The summed E-state index contributed by atoms with van der Waals surface area (Å²) in [4.78, 5) is 3.92. The number of nitrogens with zero attached hydrogens (tertiary/aromatic N) is 1. The zero-order chi connectivity index (χ0) is 20.3. The third-order valence-electron chi connectivity index (χ3n) is 4.07. The summed E-state index contributed by atoms with van der Waals surface area (Å²) in [5.74, 6) is -2.40. The molecule has 0 fully saturated rings. The standard InChI is InChI=1S/C21H15ClF2N2O2/c22-15-5-3-12(4-6-15)19(25)18(20(27)13-2-1-7-26-11-13)21(28)14-8-16(23)10-17(24)9-14/h1-11,20,25,27-28H/b21-18+,25-19?. The van der Waals surface area contributed by atoms with Crippen molar-refractivity contribution in [1.82, 2.24) is 4.98 Å². The highest BCUT2D eigenvalue weighted by atomic mass is 35.5. The molecule has 0 radical (unpaired) electrons. The van der Waals surface area contributed by atoms with E-state index >= 15 is 0 Å². The van der Waals surface area contributed by atoms with E-state index in [1.54, 1.807) is 36.4 Å². The van der Waals surface area contributed by atoms with Gasteiger partial charge in [-0.25, -0.2) is 8.78 Å². The van der Waals surface area contributed by atoms with Crippen LogP contribution in [0.25, 0.3) is 5.76 Å². The van der Waals surface area contributed by atoms with E-state index in [4.69, 9.17) is 17.0 Å². The van der Waals surface area contributed by atoms with Gasteiger partial charge in [-0.2, -0.15) is 0 Å². The Kier molecular flexibility index (Phi) is 5.82. The average molecular weight is 401 g/mol. The van der Waals surface area contributed by atoms with Gasteiger partial charge in [-0.15, -0.1) is 0 Å². The fourth-order valence-electron chi connectivity index (χ4n) is 2.71. The Balaban J connectivity index is 2.18. The smallest absolute Gasteiger partial charge is 0.131 e. The zero-order valence-electron chi connectivity index (χ0n) is 14.4. The second kappa shape index (κ2) is 8.29. The first-order valence-corrected chi connectivity index (χ1v) is 8.57. The molecule has 0 amide bonds. The van der Waals surface area contributed by atoms with Crippen LogP contribution in [0.1, 0.15) is 22.8 Å². The summed E-state index contributed by atoms with van der Waals surface area (Å²) in [6, 6.07) is 11.8. The van der Waals surface area contributed by atoms with Crippen molar-refractivity contribution < 1.29 is 19.0 Å². The summed E-state index contributed by atoms with van der Waals surface area (Å²) in [6.07, 6.45) is 1.42. The molecular weight excluding hydrogens is 386 g/mol. The van der Waals surface area contributed by atoms with Crippen molar-refractivity contribution >= 4 is 23.1 Å². The molecule has 1 aromatic heterocycles. The van der Waals surface area contributed by atoms with Crippen LogP contribution in [0, 0.1) is 17.0 Å². The molecule has 28 heavy (non-hydrogen) atoms. The quantitative estimate of drug-likeness (QED) is 0.412. The van der Waals surface area contributed by atoms with E-state index in [-0.39, 0.29) is 16.8 Å². The number of aromatic nitrogens is 1. The monoisotopic (exact) mass is 400 g/mol. The highest BCUT2D eigenvalue weighted by Gasteiger charge is 2.25. The topological polar surface area (TPSA) is 77.2 Å². The number of hydrogen-bond donors (Lipinski definition) is 3. The summed E-state index contributed by atoms with van der Waals surface area (Å²) in [6.45, 7) is 0. The van der Waals surface area contributed by atoms with Gasteiger partial charge >= 0.3 is 0 Å². The van der Waals surface area contributed by atoms with Gasteiger partial charge in [-0.3, -0.25) is 10.4 Å². The number of nitrogens with one attached hydrogen (secondary N) is 1. The maximum atomic E-state index is 13.6. The molecule has 3 N–H and O–H groups in total. The number of halogens is 3. The van der Waals surface area contributed by atoms with Crippen LogP contribution in [0.3, 0.4) is 0 Å². The van der Waals surface area contributed by atoms with Crippen molar-refractivity contribution in [1.29, 1.82) is 5.41 Å². The highest BCUT2D eigenvalue weighted by molar-refractivity contribution is 6.30. The molecule has 2 aromatic carbocycles. The van der Waals surface area contributed by atoms with Gasteiger partial charge in [-0.1, -0.05) is 29.8 Å². The summed E-state index contributed by atoms with van der Waals surface area (Å²) < 4.78 is 27.3. The van der Waals surface area contributed by atoms with E-state index in [2.05, 4.69) is 4.98 Å². The van der Waals surface area contributed by atoms with Gasteiger partial charge in [0.25, 0.3) is 0 Å². The molecule has 0 spiro atoms. The lowest BCUT2D eigenvalue weighted by molar-refractivity contribution is 0.219. The Morgan fingerprint density at radius 1 is 1.00 bits per heavy atom. The highest BCUT2D eigenvalue weighted by Crippen LogP contribution is 2.31. The molecule has 0 bridgehead atoms. The van der Waals surface area contributed by atoms with E-state index in [0.29, 0.717) is 22.2 Å². The van der Waals surface area contributed by atoms with Crippen LogP contribution in [0.15, 0.2) is 72.6 Å². The lowest BCUT2D eigenvalue weighted by Crippen LogP contribution is -2.15. The molecule has 3 aromatic rings. The number of aliphatic hydroxyl groups excluding tert-OH is 2. The molecule has 0 aliphatic rings. The van der Waals surface area contributed by atoms with Gasteiger partial charge in [0.05, 0.1) is 11.3 Å². The molecule has 0 aliphatic carbocycles. The number of hydrogen-bond acceptors (Lipinski definition) is 4. The molecule has 7 heteroatoms. The van der Waals surface area contributed by atoms with Crippen molar-refractivity contribution in [2.45, 2.75) is 6.10 Å². The Labute approximate surface area is 164 Å².